The number of amides is 2. The van der Waals surface area contributed by atoms with Crippen LogP contribution in [0.1, 0.15) is 79.7 Å². The summed E-state index contributed by atoms with van der Waals surface area (Å²) in [5, 5.41) is 3.35. The Hall–Kier alpha value is -4.05. The van der Waals surface area contributed by atoms with Crippen LogP contribution in [0.15, 0.2) is 103 Å². The molecule has 2 amide bonds. The number of hydrogen-bond donors (Lipinski definition) is 1. The van der Waals surface area contributed by atoms with Crippen molar-refractivity contribution in [1.29, 1.82) is 0 Å². The summed E-state index contributed by atoms with van der Waals surface area (Å²) < 4.78 is 5.36. The molecule has 0 aliphatic carbocycles. The Labute approximate surface area is 240 Å². The number of benzene rings is 4. The molecule has 208 valence electrons. The van der Waals surface area contributed by atoms with Crippen molar-refractivity contribution in [2.75, 3.05) is 19.0 Å². The third kappa shape index (κ3) is 7.32. The fourth-order valence-corrected chi connectivity index (χ4v) is 5.27. The molecule has 4 aromatic carbocycles. The Morgan fingerprint density at radius 2 is 1.25 bits per heavy atom. The number of anilines is 1. The number of para-hydroxylation sites is 1. The van der Waals surface area contributed by atoms with Gasteiger partial charge in [0.2, 0.25) is 0 Å². The predicted molar refractivity (Wildman–Crippen MR) is 166 cm³/mol. The lowest BCUT2D eigenvalue weighted by Gasteiger charge is -2.28. The van der Waals surface area contributed by atoms with Crippen LogP contribution in [0.2, 0.25) is 0 Å². The van der Waals surface area contributed by atoms with Gasteiger partial charge < -0.3 is 15.0 Å². The van der Waals surface area contributed by atoms with Crippen LogP contribution in [0.3, 0.4) is 0 Å². The Morgan fingerprint density at radius 3 is 1.73 bits per heavy atom. The second-order valence-corrected chi connectivity index (χ2v) is 11.0. The summed E-state index contributed by atoms with van der Waals surface area (Å²) in [7, 11) is 1.67. The minimum Gasteiger partial charge on any atom is -0.497 e. The highest BCUT2D eigenvalue weighted by molar-refractivity contribution is 5.91. The summed E-state index contributed by atoms with van der Waals surface area (Å²) in [6, 6.07) is 35.4. The molecule has 1 N–H and O–H groups in total. The van der Waals surface area contributed by atoms with E-state index in [0.717, 1.165) is 34.5 Å². The van der Waals surface area contributed by atoms with E-state index < -0.39 is 0 Å². The highest BCUT2D eigenvalue weighted by Gasteiger charge is 2.22. The van der Waals surface area contributed by atoms with E-state index in [1.807, 2.05) is 41.3 Å². The van der Waals surface area contributed by atoms with Crippen LogP contribution in [0, 0.1) is 0 Å². The first-order valence-corrected chi connectivity index (χ1v) is 14.3. The number of hydrogen-bond acceptors (Lipinski definition) is 2. The van der Waals surface area contributed by atoms with Crippen molar-refractivity contribution in [3.05, 3.63) is 131 Å². The van der Waals surface area contributed by atoms with E-state index in [1.165, 1.54) is 11.1 Å². The van der Waals surface area contributed by atoms with Crippen molar-refractivity contribution in [3.8, 4) is 5.75 Å². The van der Waals surface area contributed by atoms with E-state index in [-0.39, 0.29) is 11.9 Å². The molecule has 0 aromatic heterocycles. The van der Waals surface area contributed by atoms with Crippen molar-refractivity contribution in [1.82, 2.24) is 4.90 Å². The van der Waals surface area contributed by atoms with Crippen LogP contribution in [0.4, 0.5) is 10.5 Å². The molecule has 4 aromatic rings. The molecule has 4 rings (SSSR count). The number of nitrogens with zero attached hydrogens (tertiary/aromatic N) is 1. The molecular weight excluding hydrogens is 492 g/mol. The third-order valence-electron chi connectivity index (χ3n) is 7.52. The Kier molecular flexibility index (Phi) is 10.0. The normalized spacial score (nSPS) is 11.2. The minimum absolute atomic E-state index is 0.0781. The van der Waals surface area contributed by atoms with Gasteiger partial charge in [-0.3, -0.25) is 0 Å². The van der Waals surface area contributed by atoms with E-state index in [4.69, 9.17) is 4.74 Å². The quantitative estimate of drug-likeness (QED) is 0.208. The van der Waals surface area contributed by atoms with Crippen molar-refractivity contribution in [3.63, 3.8) is 0 Å². The average Bonchev–Trinajstić information content (AvgIpc) is 2.98. The standard InChI is InChI=1S/C36H42N2O2/c1-26(2)32-17-12-18-33(27(3)4)35(32)37-36(39)38(25-28-19-21-31(40-5)22-20-28)24-23-34(29-13-8-6-9-14-29)30-15-10-7-11-16-30/h6-22,26-27,34H,23-25H2,1-5H3,(H,37,39). The van der Waals surface area contributed by atoms with Crippen LogP contribution in [-0.2, 0) is 6.54 Å². The van der Waals surface area contributed by atoms with Crippen molar-refractivity contribution in [2.45, 2.75) is 58.4 Å². The van der Waals surface area contributed by atoms with E-state index >= 15 is 0 Å². The summed E-state index contributed by atoms with van der Waals surface area (Å²) in [6.07, 6.45) is 0.806. The fraction of sp³-hybridized carbons (Fsp3) is 0.306. The number of urea groups is 1. The monoisotopic (exact) mass is 534 g/mol. The van der Waals surface area contributed by atoms with Crippen molar-refractivity contribution < 1.29 is 9.53 Å². The van der Waals surface area contributed by atoms with Gasteiger partial charge in [-0.1, -0.05) is 119 Å². The third-order valence-corrected chi connectivity index (χ3v) is 7.52. The summed E-state index contributed by atoms with van der Waals surface area (Å²) in [6.45, 7) is 9.81. The molecule has 0 aliphatic heterocycles. The summed E-state index contributed by atoms with van der Waals surface area (Å²) in [5.74, 6) is 1.58. The highest BCUT2D eigenvalue weighted by atomic mass is 16.5. The van der Waals surface area contributed by atoms with Gasteiger partial charge in [0, 0.05) is 24.7 Å². The maximum atomic E-state index is 14.1. The number of methoxy groups -OCH3 is 1. The molecule has 0 fully saturated rings. The van der Waals surface area contributed by atoms with Gasteiger partial charge in [0.25, 0.3) is 0 Å². The molecule has 4 heteroatoms. The van der Waals surface area contributed by atoms with Crippen LogP contribution < -0.4 is 10.1 Å². The first kappa shape index (κ1) is 28.9. The minimum atomic E-state index is -0.0781. The van der Waals surface area contributed by atoms with Gasteiger partial charge in [0.1, 0.15) is 5.75 Å². The lowest BCUT2D eigenvalue weighted by molar-refractivity contribution is 0.207. The van der Waals surface area contributed by atoms with Gasteiger partial charge in [0.05, 0.1) is 7.11 Å². The number of carbonyl (C=O) groups is 1. The number of rotatable bonds is 11. The van der Waals surface area contributed by atoms with Crippen LogP contribution >= 0.6 is 0 Å². The molecule has 0 aliphatic rings. The van der Waals surface area contributed by atoms with Gasteiger partial charge in [-0.25, -0.2) is 4.79 Å². The highest BCUT2D eigenvalue weighted by Crippen LogP contribution is 2.33. The van der Waals surface area contributed by atoms with Crippen LogP contribution in [-0.4, -0.2) is 24.6 Å². The molecule has 0 saturated carbocycles. The summed E-state index contributed by atoms with van der Waals surface area (Å²) in [4.78, 5) is 16.0. The van der Waals surface area contributed by atoms with Crippen molar-refractivity contribution in [2.24, 2.45) is 0 Å². The number of nitrogens with one attached hydrogen (secondary N) is 1. The lowest BCUT2D eigenvalue weighted by atomic mass is 9.88. The fourth-order valence-electron chi connectivity index (χ4n) is 5.27. The SMILES string of the molecule is COc1ccc(CN(CCC(c2ccccc2)c2ccccc2)C(=O)Nc2c(C(C)C)cccc2C(C)C)cc1. The average molecular weight is 535 g/mol. The van der Waals surface area contributed by atoms with E-state index in [1.54, 1.807) is 7.11 Å². The molecule has 0 heterocycles. The molecule has 0 saturated heterocycles. The Bertz CT molecular complexity index is 1280. The molecular formula is C36H42N2O2. The molecule has 0 atom stereocenters. The van der Waals surface area contributed by atoms with Gasteiger partial charge in [-0.05, 0) is 58.2 Å². The van der Waals surface area contributed by atoms with Gasteiger partial charge >= 0.3 is 6.03 Å². The second-order valence-electron chi connectivity index (χ2n) is 11.0. The predicted octanol–water partition coefficient (Wildman–Crippen LogP) is 9.20. The lowest BCUT2D eigenvalue weighted by Crippen LogP contribution is -2.36. The van der Waals surface area contributed by atoms with Gasteiger partial charge in [0.15, 0.2) is 0 Å². The zero-order valence-corrected chi connectivity index (χ0v) is 24.4. The Morgan fingerprint density at radius 1 is 0.725 bits per heavy atom. The van der Waals surface area contributed by atoms with Crippen LogP contribution in [0.5, 0.6) is 5.75 Å². The van der Waals surface area contributed by atoms with E-state index in [2.05, 4.69) is 99.7 Å². The maximum absolute atomic E-state index is 14.1. The summed E-state index contributed by atoms with van der Waals surface area (Å²) in [5.41, 5.74) is 6.84. The molecule has 0 unspecified atom stereocenters. The molecule has 0 radical (unpaired) electrons. The zero-order chi connectivity index (χ0) is 28.5. The molecule has 40 heavy (non-hydrogen) atoms. The molecule has 0 bridgehead atoms. The zero-order valence-electron chi connectivity index (χ0n) is 24.4. The topological polar surface area (TPSA) is 41.6 Å². The smallest absolute Gasteiger partial charge is 0.322 e. The van der Waals surface area contributed by atoms with E-state index in [0.29, 0.717) is 24.9 Å². The first-order valence-electron chi connectivity index (χ1n) is 14.3. The largest absolute Gasteiger partial charge is 0.497 e. The molecule has 0 spiro atoms. The molecule has 4 nitrogen and oxygen atoms in total. The number of carbonyl (C=O) groups excluding carboxylic acids is 1. The Balaban J connectivity index is 1.65. The van der Waals surface area contributed by atoms with Gasteiger partial charge in [-0.15, -0.1) is 0 Å². The van der Waals surface area contributed by atoms with Crippen LogP contribution in [0.25, 0.3) is 0 Å². The summed E-state index contributed by atoms with van der Waals surface area (Å²) >= 11 is 0. The number of ether oxygens (including phenoxy) is 1. The van der Waals surface area contributed by atoms with E-state index in [9.17, 15) is 4.79 Å². The van der Waals surface area contributed by atoms with Crippen molar-refractivity contribution >= 4 is 11.7 Å². The maximum Gasteiger partial charge on any atom is 0.322 e. The second kappa shape index (κ2) is 13.8. The van der Waals surface area contributed by atoms with Gasteiger partial charge in [-0.2, -0.15) is 0 Å². The first-order chi connectivity index (χ1) is 19.4.